The van der Waals surface area contributed by atoms with Crippen LogP contribution in [0.1, 0.15) is 6.42 Å². The number of hydrogen-bond acceptors (Lipinski definition) is 3. The van der Waals surface area contributed by atoms with Crippen LogP contribution in [-0.4, -0.2) is 44.1 Å². The van der Waals surface area contributed by atoms with Crippen LogP contribution in [0.4, 0.5) is 0 Å². The molecule has 0 aromatic rings. The van der Waals surface area contributed by atoms with Gasteiger partial charge in [-0.25, -0.2) is 0 Å². The van der Waals surface area contributed by atoms with Crippen LogP contribution in [-0.2, 0) is 9.59 Å². The van der Waals surface area contributed by atoms with Gasteiger partial charge in [-0.2, -0.15) is 0 Å². The van der Waals surface area contributed by atoms with E-state index in [1.807, 2.05) is 0 Å². The summed E-state index contributed by atoms with van der Waals surface area (Å²) in [6, 6.07) is -1.03. The summed E-state index contributed by atoms with van der Waals surface area (Å²) in [6.07, 6.45) is 1.16. The summed E-state index contributed by atoms with van der Waals surface area (Å²) in [5.41, 5.74) is -0.0829. The molecule has 5 nitrogen and oxygen atoms in total. The fourth-order valence-corrected chi connectivity index (χ4v) is 1.18. The number of carboxylic acids is 2. The van der Waals surface area contributed by atoms with Gasteiger partial charge >= 0.3 is 11.9 Å². The zero-order valence-corrected chi connectivity index (χ0v) is 9.36. The van der Waals surface area contributed by atoms with Crippen molar-refractivity contribution in [2.45, 2.75) is 18.1 Å². The molecule has 0 rings (SSSR count). The van der Waals surface area contributed by atoms with Gasteiger partial charge in [0, 0.05) is 15.9 Å². The molecule has 0 saturated carbocycles. The van der Waals surface area contributed by atoms with E-state index in [0.29, 0.717) is 10.2 Å². The Morgan fingerprint density at radius 3 is 2.38 bits per heavy atom. The molecule has 0 heterocycles. The van der Waals surface area contributed by atoms with E-state index in [1.54, 1.807) is 6.08 Å². The first-order valence-electron chi connectivity index (χ1n) is 3.80. The summed E-state index contributed by atoms with van der Waals surface area (Å²) < 4.78 is 0. The Kier molecular flexibility index (Phi) is 5.01. The normalized spacial score (nSPS) is 14.8. The average Bonchev–Trinajstić information content (AvgIpc) is 2.02. The Bertz CT molecular complexity index is 219. The Hall–Kier alpha value is -1.14. The van der Waals surface area contributed by atoms with Crippen molar-refractivity contribution in [2.75, 3.05) is 0 Å². The van der Waals surface area contributed by atoms with Crippen molar-refractivity contribution in [3.05, 3.63) is 12.7 Å². The second-order valence-electron chi connectivity index (χ2n) is 2.68. The van der Waals surface area contributed by atoms with Crippen LogP contribution in [0.3, 0.4) is 0 Å². The average molecular weight is 203 g/mol. The molecule has 0 radical (unpaired) electrons. The van der Waals surface area contributed by atoms with E-state index in [1.165, 1.54) is 0 Å². The third-order valence-electron chi connectivity index (χ3n) is 1.49. The first-order valence-corrected chi connectivity index (χ1v) is 4.96. The smallest absolute Gasteiger partial charge is 0.321 e. The van der Waals surface area contributed by atoms with Crippen LogP contribution in [0.5, 0.6) is 0 Å². The lowest BCUT2D eigenvalue weighted by Gasteiger charge is -2.15. The molecule has 0 aromatic heterocycles. The number of hydrogen-bond donors (Lipinski definition) is 3. The minimum Gasteiger partial charge on any atom is -0.481 e. The zero-order chi connectivity index (χ0) is 10.4. The summed E-state index contributed by atoms with van der Waals surface area (Å²) in [5, 5.41) is 19.7. The maximum Gasteiger partial charge on any atom is 0.321 e. The second kappa shape index (κ2) is 5.49. The standard InChI is InChI=1S/C7H13NO4Si/c1-2-5(13)8-4(7(11)12)3-6(9)10/h2,4-5,8H,1,3H2,13H3,(H,9,10)(H,11,12). The highest BCUT2D eigenvalue weighted by atomic mass is 28.1. The molecule has 0 aromatic carbocycles. The molecule has 2 unspecified atom stereocenters. The minimum absolute atomic E-state index is 0.0829. The van der Waals surface area contributed by atoms with E-state index in [4.69, 9.17) is 10.2 Å². The first-order chi connectivity index (χ1) is 5.97. The highest BCUT2D eigenvalue weighted by Gasteiger charge is 2.21. The van der Waals surface area contributed by atoms with Gasteiger partial charge in [0.25, 0.3) is 0 Å². The van der Waals surface area contributed by atoms with Crippen LogP contribution in [0.2, 0.25) is 0 Å². The molecule has 6 heteroatoms. The van der Waals surface area contributed by atoms with Crippen molar-refractivity contribution in [1.29, 1.82) is 0 Å². The van der Waals surface area contributed by atoms with Gasteiger partial charge in [-0.05, 0) is 0 Å². The highest BCUT2D eigenvalue weighted by molar-refractivity contribution is 6.13. The van der Waals surface area contributed by atoms with Gasteiger partial charge < -0.3 is 15.5 Å². The molecule has 3 N–H and O–H groups in total. The molecule has 0 bridgehead atoms. The van der Waals surface area contributed by atoms with Crippen LogP contribution < -0.4 is 5.32 Å². The van der Waals surface area contributed by atoms with Crippen LogP contribution in [0.15, 0.2) is 12.7 Å². The van der Waals surface area contributed by atoms with Crippen molar-refractivity contribution in [3.8, 4) is 0 Å². The lowest BCUT2D eigenvalue weighted by molar-refractivity contribution is -0.145. The highest BCUT2D eigenvalue weighted by Crippen LogP contribution is 1.94. The van der Waals surface area contributed by atoms with E-state index >= 15 is 0 Å². The molecule has 13 heavy (non-hydrogen) atoms. The van der Waals surface area contributed by atoms with E-state index in [0.717, 1.165) is 0 Å². The Balaban J connectivity index is 4.17. The summed E-state index contributed by atoms with van der Waals surface area (Å²) in [6.45, 7) is 3.48. The summed E-state index contributed by atoms with van der Waals surface area (Å²) in [7, 11) is 0.698. The lowest BCUT2D eigenvalue weighted by atomic mass is 10.2. The van der Waals surface area contributed by atoms with Crippen LogP contribution in [0, 0.1) is 0 Å². The first kappa shape index (κ1) is 11.9. The van der Waals surface area contributed by atoms with Gasteiger partial charge in [-0.1, -0.05) is 6.08 Å². The Labute approximate surface area is 78.9 Å². The SMILES string of the molecule is C=CC([SiH3])NC(CC(=O)O)C(=O)O. The molecular formula is C7H13NO4Si. The molecule has 0 aliphatic heterocycles. The van der Waals surface area contributed by atoms with Gasteiger partial charge in [0.15, 0.2) is 0 Å². The van der Waals surface area contributed by atoms with Crippen molar-refractivity contribution >= 4 is 22.2 Å². The number of aliphatic carboxylic acids is 2. The van der Waals surface area contributed by atoms with Crippen LogP contribution >= 0.6 is 0 Å². The van der Waals surface area contributed by atoms with Crippen molar-refractivity contribution in [3.63, 3.8) is 0 Å². The Morgan fingerprint density at radius 2 is 2.08 bits per heavy atom. The molecule has 74 valence electrons. The number of carboxylic acid groups (broad SMARTS) is 2. The molecule has 0 saturated heterocycles. The van der Waals surface area contributed by atoms with Crippen molar-refractivity contribution < 1.29 is 19.8 Å². The predicted octanol–water partition coefficient (Wildman–Crippen LogP) is -1.62. The van der Waals surface area contributed by atoms with Gasteiger partial charge in [0.1, 0.15) is 6.04 Å². The van der Waals surface area contributed by atoms with E-state index in [-0.39, 0.29) is 5.67 Å². The molecule has 0 fully saturated rings. The second-order valence-corrected chi connectivity index (χ2v) is 3.92. The fraction of sp³-hybridized carbons (Fsp3) is 0.429. The van der Waals surface area contributed by atoms with E-state index in [9.17, 15) is 9.59 Å². The van der Waals surface area contributed by atoms with Crippen LogP contribution in [0.25, 0.3) is 0 Å². The minimum atomic E-state index is -1.15. The summed E-state index contributed by atoms with van der Waals surface area (Å²) in [5.74, 6) is -2.28. The lowest BCUT2D eigenvalue weighted by Crippen LogP contribution is -2.44. The monoisotopic (exact) mass is 203 g/mol. The number of carbonyl (C=O) groups is 2. The van der Waals surface area contributed by atoms with Crippen molar-refractivity contribution in [2.24, 2.45) is 0 Å². The van der Waals surface area contributed by atoms with E-state index < -0.39 is 24.4 Å². The molecule has 0 aliphatic rings. The zero-order valence-electron chi connectivity index (χ0n) is 7.36. The van der Waals surface area contributed by atoms with Gasteiger partial charge in [-0.3, -0.25) is 9.59 Å². The molecule has 0 aliphatic carbocycles. The largest absolute Gasteiger partial charge is 0.481 e. The quantitative estimate of drug-likeness (QED) is 0.357. The third-order valence-corrected chi connectivity index (χ3v) is 2.30. The fourth-order valence-electron chi connectivity index (χ4n) is 0.778. The van der Waals surface area contributed by atoms with Gasteiger partial charge in [0.05, 0.1) is 6.42 Å². The van der Waals surface area contributed by atoms with Crippen molar-refractivity contribution in [1.82, 2.24) is 5.32 Å². The van der Waals surface area contributed by atoms with Gasteiger partial charge in [-0.15, -0.1) is 6.58 Å². The topological polar surface area (TPSA) is 86.6 Å². The molecule has 2 atom stereocenters. The summed E-state index contributed by atoms with van der Waals surface area (Å²) >= 11 is 0. The van der Waals surface area contributed by atoms with Gasteiger partial charge in [0.2, 0.25) is 0 Å². The maximum atomic E-state index is 10.5. The maximum absolute atomic E-state index is 10.5. The molecule has 0 amide bonds. The summed E-state index contributed by atoms with van der Waals surface area (Å²) in [4.78, 5) is 20.8. The third kappa shape index (κ3) is 5.15. The Morgan fingerprint density at radius 1 is 1.54 bits per heavy atom. The number of nitrogens with one attached hydrogen (secondary N) is 1. The molecule has 0 spiro atoms. The van der Waals surface area contributed by atoms with E-state index in [2.05, 4.69) is 11.9 Å². The number of rotatable bonds is 6. The molecular weight excluding hydrogens is 190 g/mol. The predicted molar refractivity (Wildman–Crippen MR) is 50.7 cm³/mol.